The molecule has 1 saturated heterocycles. The molecule has 17 heavy (non-hydrogen) atoms. The zero-order valence-corrected chi connectivity index (χ0v) is 11.9. The largest absolute Gasteiger partial charge is 0.469 e. The molecule has 0 amide bonds. The number of carbonyl (C=O) groups is 1. The highest BCUT2D eigenvalue weighted by Crippen LogP contribution is 2.41. The normalized spacial score (nSPS) is 30.1. The van der Waals surface area contributed by atoms with E-state index in [1.54, 1.807) is 0 Å². The third-order valence-corrected chi connectivity index (χ3v) is 4.06. The second-order valence-electron chi connectivity index (χ2n) is 6.42. The van der Waals surface area contributed by atoms with E-state index in [0.717, 1.165) is 32.4 Å². The summed E-state index contributed by atoms with van der Waals surface area (Å²) in [5.74, 6) is 0.489. The van der Waals surface area contributed by atoms with Crippen molar-refractivity contribution in [1.29, 1.82) is 0 Å². The van der Waals surface area contributed by atoms with Crippen LogP contribution in [-0.4, -0.2) is 26.2 Å². The Balaban J connectivity index is 0.00000289. The molecule has 0 aliphatic carbocycles. The fourth-order valence-electron chi connectivity index (χ4n) is 2.86. The molecule has 3 nitrogen and oxygen atoms in total. The Morgan fingerprint density at radius 3 is 2.65 bits per heavy atom. The number of carbonyl (C=O) groups excluding carboxylic acids is 1. The van der Waals surface area contributed by atoms with Crippen molar-refractivity contribution in [2.75, 3.05) is 20.2 Å². The van der Waals surface area contributed by atoms with Crippen LogP contribution in [0, 0.1) is 16.7 Å². The van der Waals surface area contributed by atoms with Gasteiger partial charge in [0.1, 0.15) is 0 Å². The third kappa shape index (κ3) is 3.21. The van der Waals surface area contributed by atoms with Gasteiger partial charge >= 0.3 is 5.97 Å². The summed E-state index contributed by atoms with van der Waals surface area (Å²) in [4.78, 5) is 12.1. The van der Waals surface area contributed by atoms with Crippen LogP contribution in [0.4, 0.5) is 0 Å². The molecule has 1 rings (SSSR count). The molecule has 102 valence electrons. The minimum atomic E-state index is -0.306. The first-order chi connectivity index (χ1) is 7.85. The minimum Gasteiger partial charge on any atom is -0.469 e. The number of ether oxygens (including phenoxy) is 1. The van der Waals surface area contributed by atoms with Crippen LogP contribution in [0.2, 0.25) is 0 Å². The molecule has 0 saturated carbocycles. The molecule has 0 radical (unpaired) electrons. The lowest BCUT2D eigenvalue weighted by Crippen LogP contribution is -2.52. The van der Waals surface area contributed by atoms with Crippen molar-refractivity contribution in [1.82, 2.24) is 5.32 Å². The zero-order chi connectivity index (χ0) is 13.1. The Bertz CT molecular complexity index is 271. The van der Waals surface area contributed by atoms with Crippen molar-refractivity contribution < 1.29 is 11.0 Å². The zero-order valence-electron chi connectivity index (χ0n) is 11.9. The van der Waals surface area contributed by atoms with Gasteiger partial charge in [-0.05, 0) is 30.7 Å². The van der Waals surface area contributed by atoms with Gasteiger partial charge in [0, 0.05) is 7.97 Å². The maximum absolute atomic E-state index is 12.1. The lowest BCUT2D eigenvalue weighted by atomic mass is 9.66. The van der Waals surface area contributed by atoms with Gasteiger partial charge in [-0.15, -0.1) is 0 Å². The van der Waals surface area contributed by atoms with Crippen LogP contribution in [0.15, 0.2) is 0 Å². The maximum atomic E-state index is 12.1. The van der Waals surface area contributed by atoms with Gasteiger partial charge < -0.3 is 10.1 Å². The topological polar surface area (TPSA) is 38.3 Å². The Kier molecular flexibility index (Phi) is 4.59. The summed E-state index contributed by atoms with van der Waals surface area (Å²) in [5, 5.41) is 3.43. The summed E-state index contributed by atoms with van der Waals surface area (Å²) in [7, 11) is 1.50. The van der Waals surface area contributed by atoms with Gasteiger partial charge in [0.25, 0.3) is 0 Å². The minimum absolute atomic E-state index is 0. The number of methoxy groups -OCH3 is 1. The predicted octanol–water partition coefficient (Wildman–Crippen LogP) is 2.85. The summed E-state index contributed by atoms with van der Waals surface area (Å²) in [5.41, 5.74) is -0.0693. The number of rotatable bonds is 3. The average Bonchev–Trinajstić information content (AvgIpc) is 2.27. The molecular formula is C14H29NO2. The standard InChI is InChI=1S/C14H27NO2.H2/c1-6-7-14(12(16)17-5)8-11(9-15-10-14)13(2,3)4;/h11,15H,6-10H2,1-5H3;1H/t11?,14-;/m1./s1. The summed E-state index contributed by atoms with van der Waals surface area (Å²) in [6.45, 7) is 10.6. The highest BCUT2D eigenvalue weighted by Gasteiger charge is 2.45. The second-order valence-corrected chi connectivity index (χ2v) is 6.42. The molecule has 0 aromatic rings. The van der Waals surface area contributed by atoms with Gasteiger partial charge in [-0.3, -0.25) is 4.79 Å². The highest BCUT2D eigenvalue weighted by molar-refractivity contribution is 5.77. The van der Waals surface area contributed by atoms with Gasteiger partial charge in [-0.25, -0.2) is 0 Å². The van der Waals surface area contributed by atoms with E-state index in [1.165, 1.54) is 7.11 Å². The Labute approximate surface area is 107 Å². The first-order valence-corrected chi connectivity index (χ1v) is 6.65. The number of hydrogen-bond acceptors (Lipinski definition) is 3. The first-order valence-electron chi connectivity index (χ1n) is 6.65. The summed E-state index contributed by atoms with van der Waals surface area (Å²) >= 11 is 0. The van der Waals surface area contributed by atoms with E-state index in [-0.39, 0.29) is 18.2 Å². The summed E-state index contributed by atoms with van der Waals surface area (Å²) < 4.78 is 5.03. The van der Waals surface area contributed by atoms with E-state index in [9.17, 15) is 4.79 Å². The summed E-state index contributed by atoms with van der Waals surface area (Å²) in [6.07, 6.45) is 2.89. The van der Waals surface area contributed by atoms with Crippen LogP contribution in [0.3, 0.4) is 0 Å². The first kappa shape index (κ1) is 14.5. The quantitative estimate of drug-likeness (QED) is 0.775. The molecule has 0 aromatic heterocycles. The second kappa shape index (κ2) is 5.38. The number of esters is 1. The van der Waals surface area contributed by atoms with Gasteiger partial charge in [0.2, 0.25) is 0 Å². The van der Waals surface area contributed by atoms with Crippen LogP contribution in [0.25, 0.3) is 0 Å². The lowest BCUT2D eigenvalue weighted by Gasteiger charge is -2.44. The van der Waals surface area contributed by atoms with Crippen molar-refractivity contribution in [2.24, 2.45) is 16.7 Å². The van der Waals surface area contributed by atoms with E-state index >= 15 is 0 Å². The van der Waals surface area contributed by atoms with Gasteiger partial charge in [0.15, 0.2) is 0 Å². The molecule has 1 heterocycles. The molecule has 0 bridgehead atoms. The van der Waals surface area contributed by atoms with Crippen LogP contribution in [-0.2, 0) is 9.53 Å². The fraction of sp³-hybridized carbons (Fsp3) is 0.929. The Morgan fingerprint density at radius 2 is 2.18 bits per heavy atom. The number of hydrogen-bond donors (Lipinski definition) is 1. The Hall–Kier alpha value is -0.570. The lowest BCUT2D eigenvalue weighted by molar-refractivity contribution is -0.156. The van der Waals surface area contributed by atoms with E-state index in [4.69, 9.17) is 4.74 Å². The summed E-state index contributed by atoms with van der Waals surface area (Å²) in [6, 6.07) is 0. The SMILES string of the molecule is CCC[C@]1(C(=O)OC)CNCC(C(C)(C)C)C1.[HH]. The van der Waals surface area contributed by atoms with Crippen molar-refractivity contribution in [3.05, 3.63) is 0 Å². The van der Waals surface area contributed by atoms with E-state index < -0.39 is 0 Å². The molecule has 2 atom stereocenters. The van der Waals surface area contributed by atoms with Gasteiger partial charge in [-0.2, -0.15) is 0 Å². The predicted molar refractivity (Wildman–Crippen MR) is 71.9 cm³/mol. The molecule has 1 fully saturated rings. The Morgan fingerprint density at radius 1 is 1.53 bits per heavy atom. The molecule has 3 heteroatoms. The van der Waals surface area contributed by atoms with E-state index in [1.807, 2.05) is 0 Å². The van der Waals surface area contributed by atoms with Crippen LogP contribution in [0.1, 0.15) is 48.4 Å². The number of piperidine rings is 1. The molecule has 1 aliphatic rings. The molecular weight excluding hydrogens is 214 g/mol. The van der Waals surface area contributed by atoms with Crippen molar-refractivity contribution >= 4 is 5.97 Å². The molecule has 0 spiro atoms. The third-order valence-electron chi connectivity index (χ3n) is 4.06. The van der Waals surface area contributed by atoms with Gasteiger partial charge in [-0.1, -0.05) is 34.1 Å². The monoisotopic (exact) mass is 243 g/mol. The van der Waals surface area contributed by atoms with Gasteiger partial charge in [0.05, 0.1) is 12.5 Å². The van der Waals surface area contributed by atoms with E-state index in [2.05, 4.69) is 33.0 Å². The van der Waals surface area contributed by atoms with Crippen LogP contribution >= 0.6 is 0 Å². The van der Waals surface area contributed by atoms with Crippen molar-refractivity contribution in [2.45, 2.75) is 47.0 Å². The van der Waals surface area contributed by atoms with E-state index in [0.29, 0.717) is 5.92 Å². The average molecular weight is 243 g/mol. The molecule has 1 aliphatic heterocycles. The maximum Gasteiger partial charge on any atom is 0.313 e. The molecule has 0 aromatic carbocycles. The fourth-order valence-corrected chi connectivity index (χ4v) is 2.86. The van der Waals surface area contributed by atoms with Crippen LogP contribution in [0.5, 0.6) is 0 Å². The highest BCUT2D eigenvalue weighted by atomic mass is 16.5. The number of nitrogens with one attached hydrogen (secondary N) is 1. The smallest absolute Gasteiger partial charge is 0.313 e. The van der Waals surface area contributed by atoms with Crippen LogP contribution < -0.4 is 5.32 Å². The molecule has 1 N–H and O–H groups in total. The van der Waals surface area contributed by atoms with Crippen molar-refractivity contribution in [3.8, 4) is 0 Å². The van der Waals surface area contributed by atoms with Crippen molar-refractivity contribution in [3.63, 3.8) is 0 Å². The molecule has 1 unspecified atom stereocenters.